The summed E-state index contributed by atoms with van der Waals surface area (Å²) in [5.41, 5.74) is 4.99. The molecule has 1 aliphatic rings. The highest BCUT2D eigenvalue weighted by molar-refractivity contribution is 5.82. The molecule has 1 atom stereocenters. The summed E-state index contributed by atoms with van der Waals surface area (Å²) in [7, 11) is 0. The molecule has 2 aromatic rings. The first-order valence-corrected chi connectivity index (χ1v) is 8.32. The third-order valence-corrected chi connectivity index (χ3v) is 4.46. The van der Waals surface area contributed by atoms with Gasteiger partial charge in [-0.3, -0.25) is 4.79 Å². The molecule has 3 heteroatoms. The molecule has 0 unspecified atom stereocenters. The standard InChI is InChI=1S/C20H24N2O/c1-15-10-11-19-18(13-15)9-6-12-22(19)14-20(23)21-16(2)17-7-4-3-5-8-17/h3-5,7-8,10-11,13,16H,6,9,12,14H2,1-2H3,(H,21,23)/t16-/m1/s1. The normalized spacial score (nSPS) is 15.0. The van der Waals surface area contributed by atoms with Crippen LogP contribution in [0.3, 0.4) is 0 Å². The number of rotatable bonds is 4. The summed E-state index contributed by atoms with van der Waals surface area (Å²) in [6.45, 7) is 5.52. The lowest BCUT2D eigenvalue weighted by molar-refractivity contribution is -0.120. The number of fused-ring (bicyclic) bond motifs is 1. The largest absolute Gasteiger partial charge is 0.362 e. The highest BCUT2D eigenvalue weighted by Crippen LogP contribution is 2.27. The predicted octanol–water partition coefficient (Wildman–Crippen LogP) is 3.63. The first-order chi connectivity index (χ1) is 11.1. The number of benzene rings is 2. The molecular formula is C20H24N2O. The second-order valence-electron chi connectivity index (χ2n) is 6.36. The van der Waals surface area contributed by atoms with Crippen LogP contribution in [0.25, 0.3) is 0 Å². The van der Waals surface area contributed by atoms with Gasteiger partial charge in [0, 0.05) is 12.2 Å². The summed E-state index contributed by atoms with van der Waals surface area (Å²) in [4.78, 5) is 14.6. The Balaban J connectivity index is 1.65. The molecule has 0 aliphatic carbocycles. The predicted molar refractivity (Wildman–Crippen MR) is 94.7 cm³/mol. The van der Waals surface area contributed by atoms with E-state index in [1.54, 1.807) is 0 Å². The van der Waals surface area contributed by atoms with Crippen LogP contribution in [-0.4, -0.2) is 19.0 Å². The van der Waals surface area contributed by atoms with Gasteiger partial charge in [0.05, 0.1) is 12.6 Å². The van der Waals surface area contributed by atoms with Crippen LogP contribution < -0.4 is 10.2 Å². The first-order valence-electron chi connectivity index (χ1n) is 8.32. The zero-order valence-electron chi connectivity index (χ0n) is 13.9. The van der Waals surface area contributed by atoms with Crippen molar-refractivity contribution in [1.29, 1.82) is 0 Å². The second kappa shape index (κ2) is 6.86. The maximum atomic E-state index is 12.4. The van der Waals surface area contributed by atoms with Gasteiger partial charge in [0.25, 0.3) is 0 Å². The number of carbonyl (C=O) groups excluding carboxylic acids is 1. The van der Waals surface area contributed by atoms with Gasteiger partial charge in [0.15, 0.2) is 0 Å². The molecule has 1 heterocycles. The smallest absolute Gasteiger partial charge is 0.239 e. The fourth-order valence-electron chi connectivity index (χ4n) is 3.25. The average molecular weight is 308 g/mol. The zero-order valence-corrected chi connectivity index (χ0v) is 13.9. The van der Waals surface area contributed by atoms with E-state index >= 15 is 0 Å². The molecule has 0 radical (unpaired) electrons. The molecule has 23 heavy (non-hydrogen) atoms. The quantitative estimate of drug-likeness (QED) is 0.935. The van der Waals surface area contributed by atoms with Crippen LogP contribution in [0.4, 0.5) is 5.69 Å². The lowest BCUT2D eigenvalue weighted by Crippen LogP contribution is -2.40. The summed E-state index contributed by atoms with van der Waals surface area (Å²) >= 11 is 0. The number of hydrogen-bond acceptors (Lipinski definition) is 2. The van der Waals surface area contributed by atoms with Crippen LogP contribution in [-0.2, 0) is 11.2 Å². The molecule has 0 aromatic heterocycles. The summed E-state index contributed by atoms with van der Waals surface area (Å²) < 4.78 is 0. The maximum absolute atomic E-state index is 12.4. The van der Waals surface area contributed by atoms with E-state index in [9.17, 15) is 4.79 Å². The third kappa shape index (κ3) is 3.73. The molecule has 120 valence electrons. The van der Waals surface area contributed by atoms with Crippen molar-refractivity contribution in [2.45, 2.75) is 32.7 Å². The van der Waals surface area contributed by atoms with Crippen LogP contribution in [0, 0.1) is 6.92 Å². The molecule has 3 rings (SSSR count). The highest BCUT2D eigenvalue weighted by Gasteiger charge is 2.20. The number of hydrogen-bond donors (Lipinski definition) is 1. The molecule has 1 N–H and O–H groups in total. The number of carbonyl (C=O) groups is 1. The van der Waals surface area contributed by atoms with Crippen molar-refractivity contribution in [1.82, 2.24) is 5.32 Å². The molecule has 1 aliphatic heterocycles. The van der Waals surface area contributed by atoms with Crippen molar-refractivity contribution < 1.29 is 4.79 Å². The number of anilines is 1. The number of amides is 1. The molecule has 0 bridgehead atoms. The fourth-order valence-corrected chi connectivity index (χ4v) is 3.25. The number of nitrogens with one attached hydrogen (secondary N) is 1. The van der Waals surface area contributed by atoms with Crippen molar-refractivity contribution in [2.24, 2.45) is 0 Å². The number of aryl methyl sites for hydroxylation is 2. The van der Waals surface area contributed by atoms with Gasteiger partial charge < -0.3 is 10.2 Å². The SMILES string of the molecule is Cc1ccc2c(c1)CCCN2CC(=O)N[C@H](C)c1ccccc1. The maximum Gasteiger partial charge on any atom is 0.239 e. The Morgan fingerprint density at radius 3 is 2.78 bits per heavy atom. The van der Waals surface area contributed by atoms with E-state index in [1.165, 1.54) is 16.8 Å². The van der Waals surface area contributed by atoms with Gasteiger partial charge in [-0.05, 0) is 43.9 Å². The van der Waals surface area contributed by atoms with Crippen LogP contribution >= 0.6 is 0 Å². The van der Waals surface area contributed by atoms with Gasteiger partial charge in [-0.15, -0.1) is 0 Å². The number of nitrogens with zero attached hydrogens (tertiary/aromatic N) is 1. The molecule has 1 amide bonds. The molecule has 0 saturated heterocycles. The van der Waals surface area contributed by atoms with Crippen molar-refractivity contribution in [2.75, 3.05) is 18.0 Å². The summed E-state index contributed by atoms with van der Waals surface area (Å²) in [6, 6.07) is 16.6. The van der Waals surface area contributed by atoms with Crippen LogP contribution in [0.5, 0.6) is 0 Å². The minimum absolute atomic E-state index is 0.0333. The molecular weight excluding hydrogens is 284 g/mol. The summed E-state index contributed by atoms with van der Waals surface area (Å²) in [6.07, 6.45) is 2.22. The molecule has 2 aromatic carbocycles. The Kier molecular flexibility index (Phi) is 4.65. The van der Waals surface area contributed by atoms with Crippen LogP contribution in [0.1, 0.15) is 36.1 Å². The summed E-state index contributed by atoms with van der Waals surface area (Å²) in [5.74, 6) is 0.0785. The van der Waals surface area contributed by atoms with E-state index in [1.807, 2.05) is 37.3 Å². The van der Waals surface area contributed by atoms with Crippen molar-refractivity contribution in [3.05, 3.63) is 65.2 Å². The van der Waals surface area contributed by atoms with Crippen molar-refractivity contribution in [3.63, 3.8) is 0 Å². The van der Waals surface area contributed by atoms with Gasteiger partial charge >= 0.3 is 0 Å². The van der Waals surface area contributed by atoms with E-state index in [-0.39, 0.29) is 11.9 Å². The fraction of sp³-hybridized carbons (Fsp3) is 0.350. The Hall–Kier alpha value is -2.29. The van der Waals surface area contributed by atoms with Crippen molar-refractivity contribution >= 4 is 11.6 Å². The monoisotopic (exact) mass is 308 g/mol. The second-order valence-corrected chi connectivity index (χ2v) is 6.36. The minimum atomic E-state index is 0.0333. The molecule has 3 nitrogen and oxygen atoms in total. The van der Waals surface area contributed by atoms with E-state index in [4.69, 9.17) is 0 Å². The Morgan fingerprint density at radius 2 is 2.00 bits per heavy atom. The van der Waals surface area contributed by atoms with Crippen LogP contribution in [0.2, 0.25) is 0 Å². The van der Waals surface area contributed by atoms with Crippen molar-refractivity contribution in [3.8, 4) is 0 Å². The van der Waals surface area contributed by atoms with Gasteiger partial charge in [-0.1, -0.05) is 48.0 Å². The van der Waals surface area contributed by atoms with E-state index in [0.717, 1.165) is 24.9 Å². The van der Waals surface area contributed by atoms with Crippen LogP contribution in [0.15, 0.2) is 48.5 Å². The third-order valence-electron chi connectivity index (χ3n) is 4.46. The first kappa shape index (κ1) is 15.6. The summed E-state index contributed by atoms with van der Waals surface area (Å²) in [5, 5.41) is 3.11. The lowest BCUT2D eigenvalue weighted by Gasteiger charge is -2.31. The van der Waals surface area contributed by atoms with Gasteiger partial charge in [-0.2, -0.15) is 0 Å². The topological polar surface area (TPSA) is 32.3 Å². The Labute approximate surface area is 138 Å². The lowest BCUT2D eigenvalue weighted by atomic mass is 9.99. The molecule has 0 saturated carbocycles. The van der Waals surface area contributed by atoms with Gasteiger partial charge in [0.2, 0.25) is 5.91 Å². The van der Waals surface area contributed by atoms with E-state index in [2.05, 4.69) is 35.3 Å². The minimum Gasteiger partial charge on any atom is -0.362 e. The molecule has 0 spiro atoms. The Morgan fingerprint density at radius 1 is 1.22 bits per heavy atom. The van der Waals surface area contributed by atoms with E-state index < -0.39 is 0 Å². The molecule has 0 fully saturated rings. The Bertz CT molecular complexity index is 681. The zero-order chi connectivity index (χ0) is 16.2. The van der Waals surface area contributed by atoms with Gasteiger partial charge in [0.1, 0.15) is 0 Å². The average Bonchev–Trinajstić information content (AvgIpc) is 2.55. The van der Waals surface area contributed by atoms with E-state index in [0.29, 0.717) is 6.54 Å². The van der Waals surface area contributed by atoms with Gasteiger partial charge in [-0.25, -0.2) is 0 Å². The highest BCUT2D eigenvalue weighted by atomic mass is 16.2.